The number of hydrogen-bond acceptors (Lipinski definition) is 4. The van der Waals surface area contributed by atoms with Crippen LogP contribution < -0.4 is 9.47 Å². The van der Waals surface area contributed by atoms with Crippen molar-refractivity contribution in [2.45, 2.75) is 17.9 Å². The molecule has 4 nitrogen and oxygen atoms in total. The summed E-state index contributed by atoms with van der Waals surface area (Å²) in [5.74, 6) is 0.958. The Morgan fingerprint density at radius 2 is 1.83 bits per heavy atom. The Kier molecular flexibility index (Phi) is 4.92. The number of alkyl halides is 1. The van der Waals surface area contributed by atoms with Gasteiger partial charge in [0.1, 0.15) is 6.10 Å². The van der Waals surface area contributed by atoms with Gasteiger partial charge in [-0.05, 0) is 31.2 Å². The molecular weight excluding hydrogens is 428 g/mol. The maximum atomic E-state index is 12.4. The van der Waals surface area contributed by atoms with E-state index in [0.717, 1.165) is 10.0 Å². The van der Waals surface area contributed by atoms with Crippen LogP contribution in [0.3, 0.4) is 0 Å². The van der Waals surface area contributed by atoms with Crippen LogP contribution in [0.2, 0.25) is 0 Å². The van der Waals surface area contributed by atoms with Crippen LogP contribution in [0.1, 0.15) is 28.9 Å². The summed E-state index contributed by atoms with van der Waals surface area (Å²) in [4.78, 5) is 12.3. The highest BCUT2D eigenvalue weighted by atomic mass is 79.9. The molecule has 0 spiro atoms. The highest BCUT2D eigenvalue weighted by Gasteiger charge is 2.27. The monoisotopic (exact) mass is 440 g/mol. The first kappa shape index (κ1) is 16.3. The standard InChI is InChI=1S/C17H14Br2O4/c1-10(18)16(23-17(20)11-5-3-2-4-6-11)12-7-14-15(8-13(12)19)22-9-21-14/h2-8,10,16H,9H2,1H3/t10-,16+/m1/s1. The van der Waals surface area contributed by atoms with Gasteiger partial charge in [-0.3, -0.25) is 0 Å². The number of ether oxygens (including phenoxy) is 3. The summed E-state index contributed by atoms with van der Waals surface area (Å²) in [7, 11) is 0. The molecular formula is C17H14Br2O4. The lowest BCUT2D eigenvalue weighted by Gasteiger charge is -2.22. The molecule has 0 saturated carbocycles. The molecule has 23 heavy (non-hydrogen) atoms. The average molecular weight is 442 g/mol. The number of hydrogen-bond donors (Lipinski definition) is 0. The second kappa shape index (κ2) is 6.93. The maximum Gasteiger partial charge on any atom is 0.338 e. The minimum Gasteiger partial charge on any atom is -0.454 e. The van der Waals surface area contributed by atoms with Crippen LogP contribution in [0.15, 0.2) is 46.9 Å². The third-order valence-electron chi connectivity index (χ3n) is 3.46. The van der Waals surface area contributed by atoms with Crippen molar-refractivity contribution in [3.05, 3.63) is 58.1 Å². The van der Waals surface area contributed by atoms with Gasteiger partial charge >= 0.3 is 5.97 Å². The Labute approximate surface area is 151 Å². The third-order valence-corrected chi connectivity index (χ3v) is 4.63. The Morgan fingerprint density at radius 1 is 1.17 bits per heavy atom. The van der Waals surface area contributed by atoms with E-state index in [4.69, 9.17) is 14.2 Å². The summed E-state index contributed by atoms with van der Waals surface area (Å²) in [5, 5.41) is 0. The molecule has 0 radical (unpaired) electrons. The molecule has 1 aliphatic rings. The number of carbonyl (C=O) groups excluding carboxylic acids is 1. The largest absolute Gasteiger partial charge is 0.454 e. The van der Waals surface area contributed by atoms with E-state index >= 15 is 0 Å². The predicted octanol–water partition coefficient (Wildman–Crippen LogP) is 4.86. The van der Waals surface area contributed by atoms with Crippen molar-refractivity contribution in [1.82, 2.24) is 0 Å². The lowest BCUT2D eigenvalue weighted by Crippen LogP contribution is -2.18. The molecule has 120 valence electrons. The van der Waals surface area contributed by atoms with Gasteiger partial charge in [0.15, 0.2) is 11.5 Å². The third kappa shape index (κ3) is 3.53. The van der Waals surface area contributed by atoms with Crippen molar-refractivity contribution >= 4 is 37.8 Å². The number of carbonyl (C=O) groups is 1. The minimum absolute atomic E-state index is 0.0770. The Balaban J connectivity index is 1.89. The zero-order valence-corrected chi connectivity index (χ0v) is 15.5. The van der Waals surface area contributed by atoms with Gasteiger partial charge < -0.3 is 14.2 Å². The first-order chi connectivity index (χ1) is 11.1. The average Bonchev–Trinajstić information content (AvgIpc) is 2.99. The summed E-state index contributed by atoms with van der Waals surface area (Å²) in [6.07, 6.45) is -0.466. The van der Waals surface area contributed by atoms with Crippen LogP contribution in [0.5, 0.6) is 11.5 Å². The van der Waals surface area contributed by atoms with Crippen molar-refractivity contribution in [2.75, 3.05) is 6.79 Å². The topological polar surface area (TPSA) is 44.8 Å². The molecule has 6 heteroatoms. The van der Waals surface area contributed by atoms with E-state index in [1.807, 2.05) is 25.1 Å². The number of halogens is 2. The SMILES string of the molecule is C[C@@H](Br)[C@H](OC(=O)c1ccccc1)c1cc2c(cc1Br)OCO2. The molecule has 0 unspecified atom stereocenters. The smallest absolute Gasteiger partial charge is 0.338 e. The zero-order valence-electron chi connectivity index (χ0n) is 12.3. The molecule has 0 N–H and O–H groups in total. The number of esters is 1. The van der Waals surface area contributed by atoms with Gasteiger partial charge in [-0.2, -0.15) is 0 Å². The van der Waals surface area contributed by atoms with Crippen LogP contribution >= 0.6 is 31.9 Å². The second-order valence-electron chi connectivity index (χ2n) is 5.10. The number of fused-ring (bicyclic) bond motifs is 1. The van der Waals surface area contributed by atoms with Crippen molar-refractivity contribution in [3.8, 4) is 11.5 Å². The summed E-state index contributed by atoms with van der Waals surface area (Å²) in [6.45, 7) is 2.13. The predicted molar refractivity (Wildman–Crippen MR) is 93.3 cm³/mol. The molecule has 1 heterocycles. The molecule has 1 aliphatic heterocycles. The van der Waals surface area contributed by atoms with Crippen LogP contribution in [-0.4, -0.2) is 17.6 Å². The van der Waals surface area contributed by atoms with E-state index < -0.39 is 6.10 Å². The summed E-state index contributed by atoms with van der Waals surface area (Å²) in [6, 6.07) is 12.6. The zero-order chi connectivity index (χ0) is 16.4. The molecule has 3 rings (SSSR count). The highest BCUT2D eigenvalue weighted by molar-refractivity contribution is 9.10. The van der Waals surface area contributed by atoms with E-state index in [-0.39, 0.29) is 17.6 Å². The summed E-state index contributed by atoms with van der Waals surface area (Å²) >= 11 is 7.04. The van der Waals surface area contributed by atoms with Gasteiger partial charge in [-0.15, -0.1) is 0 Å². The van der Waals surface area contributed by atoms with Crippen molar-refractivity contribution in [2.24, 2.45) is 0 Å². The van der Waals surface area contributed by atoms with E-state index in [2.05, 4.69) is 31.9 Å². The second-order valence-corrected chi connectivity index (χ2v) is 7.40. The fourth-order valence-corrected chi connectivity index (χ4v) is 3.25. The van der Waals surface area contributed by atoms with Gasteiger partial charge in [0.2, 0.25) is 6.79 Å². The minimum atomic E-state index is -0.466. The molecule has 0 saturated heterocycles. The first-order valence-electron chi connectivity index (χ1n) is 7.05. The van der Waals surface area contributed by atoms with Crippen molar-refractivity contribution in [1.29, 1.82) is 0 Å². The normalized spacial score (nSPS) is 15.1. The van der Waals surface area contributed by atoms with Gasteiger partial charge in [-0.25, -0.2) is 4.79 Å². The quantitative estimate of drug-likeness (QED) is 0.502. The van der Waals surface area contributed by atoms with Crippen LogP contribution in [0, 0.1) is 0 Å². The molecule has 0 aromatic heterocycles. The van der Waals surface area contributed by atoms with Gasteiger partial charge in [0, 0.05) is 10.0 Å². The first-order valence-corrected chi connectivity index (χ1v) is 8.76. The van der Waals surface area contributed by atoms with E-state index in [9.17, 15) is 4.79 Å². The molecule has 2 atom stereocenters. The van der Waals surface area contributed by atoms with Crippen molar-refractivity contribution in [3.63, 3.8) is 0 Å². The van der Waals surface area contributed by atoms with E-state index in [1.54, 1.807) is 24.3 Å². The summed E-state index contributed by atoms with van der Waals surface area (Å²) < 4.78 is 17.3. The van der Waals surface area contributed by atoms with Gasteiger partial charge in [0.05, 0.1) is 10.4 Å². The van der Waals surface area contributed by atoms with E-state index in [0.29, 0.717) is 17.1 Å². The molecule has 0 amide bonds. The lowest BCUT2D eigenvalue weighted by molar-refractivity contribution is 0.0302. The number of benzene rings is 2. The Hall–Kier alpha value is -1.53. The molecule has 2 aromatic carbocycles. The molecule has 2 aromatic rings. The lowest BCUT2D eigenvalue weighted by atomic mass is 10.1. The fraction of sp³-hybridized carbons (Fsp3) is 0.235. The van der Waals surface area contributed by atoms with Crippen LogP contribution in [0.4, 0.5) is 0 Å². The molecule has 0 aliphatic carbocycles. The van der Waals surface area contributed by atoms with Crippen LogP contribution in [0.25, 0.3) is 0 Å². The van der Waals surface area contributed by atoms with Gasteiger partial charge in [0.25, 0.3) is 0 Å². The van der Waals surface area contributed by atoms with Gasteiger partial charge in [-0.1, -0.05) is 50.1 Å². The Bertz CT molecular complexity index is 716. The van der Waals surface area contributed by atoms with E-state index in [1.165, 1.54) is 0 Å². The number of rotatable bonds is 4. The van der Waals surface area contributed by atoms with Crippen LogP contribution in [-0.2, 0) is 4.74 Å². The molecule has 0 bridgehead atoms. The summed E-state index contributed by atoms with van der Waals surface area (Å²) in [5.41, 5.74) is 1.34. The highest BCUT2D eigenvalue weighted by Crippen LogP contribution is 2.41. The maximum absolute atomic E-state index is 12.4. The Morgan fingerprint density at radius 3 is 2.48 bits per heavy atom. The molecule has 0 fully saturated rings. The van der Waals surface area contributed by atoms with Crippen molar-refractivity contribution < 1.29 is 19.0 Å². The fourth-order valence-electron chi connectivity index (χ4n) is 2.31.